The van der Waals surface area contributed by atoms with Crippen molar-refractivity contribution in [2.45, 2.75) is 178 Å². The van der Waals surface area contributed by atoms with E-state index in [-0.39, 0.29) is 12.1 Å². The molecular formula is C32H58N4O2. The molecule has 4 saturated carbocycles. The van der Waals surface area contributed by atoms with Gasteiger partial charge in [-0.1, -0.05) is 89.9 Å². The summed E-state index contributed by atoms with van der Waals surface area (Å²) in [5.41, 5.74) is 0. The highest BCUT2D eigenvalue weighted by atomic mass is 16.2. The Kier molecular flexibility index (Phi) is 12.9. The van der Waals surface area contributed by atoms with Crippen LogP contribution in [0.4, 0.5) is 9.59 Å². The van der Waals surface area contributed by atoms with Crippen LogP contribution in [0.5, 0.6) is 0 Å². The lowest BCUT2D eigenvalue weighted by Gasteiger charge is -2.41. The third kappa shape index (κ3) is 9.05. The molecule has 4 amide bonds. The Morgan fingerprint density at radius 3 is 0.947 bits per heavy atom. The van der Waals surface area contributed by atoms with Crippen molar-refractivity contribution in [1.29, 1.82) is 0 Å². The molecule has 0 spiro atoms. The molecule has 0 atom stereocenters. The zero-order valence-electron chi connectivity index (χ0n) is 24.4. The van der Waals surface area contributed by atoms with E-state index in [1.165, 1.54) is 128 Å². The Balaban J connectivity index is 1.12. The zero-order chi connectivity index (χ0) is 26.4. The van der Waals surface area contributed by atoms with Gasteiger partial charge in [0.1, 0.15) is 0 Å². The highest BCUT2D eigenvalue weighted by Gasteiger charge is 2.33. The second-order valence-corrected chi connectivity index (χ2v) is 12.9. The van der Waals surface area contributed by atoms with Gasteiger partial charge in [-0.25, -0.2) is 9.59 Å². The fourth-order valence-corrected chi connectivity index (χ4v) is 7.87. The van der Waals surface area contributed by atoms with E-state index >= 15 is 0 Å². The predicted octanol–water partition coefficient (Wildman–Crippen LogP) is 7.90. The van der Waals surface area contributed by atoms with Gasteiger partial charge in [-0.3, -0.25) is 0 Å². The molecule has 0 aromatic carbocycles. The van der Waals surface area contributed by atoms with E-state index in [2.05, 4.69) is 20.4 Å². The molecule has 0 aromatic heterocycles. The maximum atomic E-state index is 13.2. The van der Waals surface area contributed by atoms with Gasteiger partial charge in [0, 0.05) is 37.3 Å². The summed E-state index contributed by atoms with van der Waals surface area (Å²) in [4.78, 5) is 31.0. The number of carbonyl (C=O) groups is 2. The van der Waals surface area contributed by atoms with E-state index in [0.29, 0.717) is 24.2 Å². The van der Waals surface area contributed by atoms with Crippen molar-refractivity contribution in [2.24, 2.45) is 0 Å². The van der Waals surface area contributed by atoms with Gasteiger partial charge in [-0.15, -0.1) is 0 Å². The average Bonchev–Trinajstić information content (AvgIpc) is 2.97. The van der Waals surface area contributed by atoms with E-state index < -0.39 is 0 Å². The first-order chi connectivity index (χ1) is 18.7. The van der Waals surface area contributed by atoms with Crippen LogP contribution in [0.1, 0.15) is 154 Å². The van der Waals surface area contributed by atoms with Gasteiger partial charge < -0.3 is 20.4 Å². The molecule has 2 N–H and O–H groups in total. The van der Waals surface area contributed by atoms with E-state index in [0.717, 1.165) is 38.8 Å². The Morgan fingerprint density at radius 2 is 0.684 bits per heavy atom. The standard InChI is InChI=1S/C32H58N4O2/c37-31(35(27-17-7-3-8-18-27)28-19-9-4-10-20-28)33-25-15-1-2-16-26-34-32(38)36(29-21-11-5-12-22-29)30-23-13-6-14-24-30/h27-30H,1-26H2,(H,33,37)(H,34,38). The predicted molar refractivity (Wildman–Crippen MR) is 156 cm³/mol. The largest absolute Gasteiger partial charge is 0.338 e. The maximum absolute atomic E-state index is 13.2. The summed E-state index contributed by atoms with van der Waals surface area (Å²) in [5, 5.41) is 6.57. The fraction of sp³-hybridized carbons (Fsp3) is 0.938. The van der Waals surface area contributed by atoms with E-state index in [1.54, 1.807) is 0 Å². The van der Waals surface area contributed by atoms with Crippen molar-refractivity contribution >= 4 is 12.1 Å². The summed E-state index contributed by atoms with van der Waals surface area (Å²) in [6, 6.07) is 2.21. The summed E-state index contributed by atoms with van der Waals surface area (Å²) >= 11 is 0. The number of carbonyl (C=O) groups excluding carboxylic acids is 2. The SMILES string of the molecule is O=C(NCCCCCCNC(=O)N(C1CCCCC1)C1CCCCC1)N(C1CCCCC1)C1CCCCC1. The van der Waals surface area contributed by atoms with E-state index in [4.69, 9.17) is 0 Å². The molecule has 4 fully saturated rings. The summed E-state index contributed by atoms with van der Waals surface area (Å²) in [5.74, 6) is 0. The van der Waals surface area contributed by atoms with Crippen LogP contribution in [0.3, 0.4) is 0 Å². The Morgan fingerprint density at radius 1 is 0.421 bits per heavy atom. The van der Waals surface area contributed by atoms with Gasteiger partial charge in [0.2, 0.25) is 0 Å². The highest BCUT2D eigenvalue weighted by Crippen LogP contribution is 2.31. The lowest BCUT2D eigenvalue weighted by molar-refractivity contribution is 0.104. The summed E-state index contributed by atoms with van der Waals surface area (Å²) in [7, 11) is 0. The number of rotatable bonds is 11. The smallest absolute Gasteiger partial charge is 0.317 e. The third-order valence-corrected chi connectivity index (χ3v) is 10.00. The van der Waals surface area contributed by atoms with Crippen molar-refractivity contribution in [3.63, 3.8) is 0 Å². The van der Waals surface area contributed by atoms with Crippen molar-refractivity contribution in [1.82, 2.24) is 20.4 Å². The molecule has 218 valence electrons. The van der Waals surface area contributed by atoms with Crippen LogP contribution in [0.15, 0.2) is 0 Å². The molecule has 6 nitrogen and oxygen atoms in total. The molecule has 0 heterocycles. The van der Waals surface area contributed by atoms with Gasteiger partial charge >= 0.3 is 12.1 Å². The van der Waals surface area contributed by atoms with Crippen LogP contribution in [-0.2, 0) is 0 Å². The van der Waals surface area contributed by atoms with Crippen LogP contribution in [0.25, 0.3) is 0 Å². The quantitative estimate of drug-likeness (QED) is 0.267. The fourth-order valence-electron chi connectivity index (χ4n) is 7.87. The number of nitrogens with one attached hydrogen (secondary N) is 2. The van der Waals surface area contributed by atoms with Gasteiger partial charge in [0.15, 0.2) is 0 Å². The number of hydrogen-bond acceptors (Lipinski definition) is 2. The number of nitrogens with zero attached hydrogens (tertiary/aromatic N) is 2. The van der Waals surface area contributed by atoms with Gasteiger partial charge in [-0.05, 0) is 64.2 Å². The molecule has 0 radical (unpaired) electrons. The average molecular weight is 531 g/mol. The third-order valence-electron chi connectivity index (χ3n) is 10.00. The lowest BCUT2D eigenvalue weighted by atomic mass is 9.89. The molecule has 4 rings (SSSR count). The maximum Gasteiger partial charge on any atom is 0.317 e. The zero-order valence-corrected chi connectivity index (χ0v) is 24.4. The van der Waals surface area contributed by atoms with E-state index in [1.807, 2.05) is 0 Å². The molecular weight excluding hydrogens is 472 g/mol. The van der Waals surface area contributed by atoms with Crippen molar-refractivity contribution < 1.29 is 9.59 Å². The van der Waals surface area contributed by atoms with Crippen molar-refractivity contribution in [3.05, 3.63) is 0 Å². The number of urea groups is 2. The van der Waals surface area contributed by atoms with Crippen molar-refractivity contribution in [3.8, 4) is 0 Å². The first-order valence-electron chi connectivity index (χ1n) is 16.9. The number of hydrogen-bond donors (Lipinski definition) is 2. The molecule has 0 saturated heterocycles. The lowest BCUT2D eigenvalue weighted by Crippen LogP contribution is -2.53. The van der Waals surface area contributed by atoms with Crippen LogP contribution in [0, 0.1) is 0 Å². The molecule has 4 aliphatic rings. The monoisotopic (exact) mass is 530 g/mol. The van der Waals surface area contributed by atoms with Crippen LogP contribution < -0.4 is 10.6 Å². The summed E-state index contributed by atoms with van der Waals surface area (Å²) < 4.78 is 0. The number of unbranched alkanes of at least 4 members (excludes halogenated alkanes) is 3. The molecule has 4 aliphatic carbocycles. The topological polar surface area (TPSA) is 64.7 Å². The second kappa shape index (κ2) is 16.6. The van der Waals surface area contributed by atoms with Gasteiger partial charge in [0.05, 0.1) is 0 Å². The van der Waals surface area contributed by atoms with Crippen LogP contribution >= 0.6 is 0 Å². The van der Waals surface area contributed by atoms with Crippen LogP contribution in [-0.4, -0.2) is 59.1 Å². The molecule has 0 bridgehead atoms. The van der Waals surface area contributed by atoms with Crippen LogP contribution in [0.2, 0.25) is 0 Å². The summed E-state index contributed by atoms with van der Waals surface area (Å²) in [6.45, 7) is 1.55. The Labute approximate surface area is 233 Å². The minimum atomic E-state index is 0.196. The van der Waals surface area contributed by atoms with Crippen molar-refractivity contribution in [2.75, 3.05) is 13.1 Å². The Hall–Kier alpha value is -1.46. The normalized spacial score (nSPS) is 22.6. The summed E-state index contributed by atoms with van der Waals surface area (Å²) in [6.07, 6.45) is 29.3. The van der Waals surface area contributed by atoms with Gasteiger partial charge in [0.25, 0.3) is 0 Å². The first-order valence-corrected chi connectivity index (χ1v) is 16.9. The van der Waals surface area contributed by atoms with E-state index in [9.17, 15) is 9.59 Å². The van der Waals surface area contributed by atoms with Gasteiger partial charge in [-0.2, -0.15) is 0 Å². The molecule has 6 heteroatoms. The highest BCUT2D eigenvalue weighted by molar-refractivity contribution is 5.75. The molecule has 0 unspecified atom stereocenters. The minimum absolute atomic E-state index is 0.196. The molecule has 0 aliphatic heterocycles. The molecule has 0 aromatic rings. The number of amides is 4. The second-order valence-electron chi connectivity index (χ2n) is 12.9. The Bertz CT molecular complexity index is 583. The minimum Gasteiger partial charge on any atom is -0.338 e. The first kappa shape index (κ1) is 29.5. The molecule has 38 heavy (non-hydrogen) atoms.